The van der Waals surface area contributed by atoms with Crippen LogP contribution in [0.4, 0.5) is 0 Å². The van der Waals surface area contributed by atoms with Crippen molar-refractivity contribution in [3.05, 3.63) is 59.8 Å². The minimum Gasteiger partial charge on any atom is -0.308 e. The highest BCUT2D eigenvalue weighted by atomic mass is 15.2. The fourth-order valence-corrected chi connectivity index (χ4v) is 4.52. The Bertz CT molecular complexity index is 1120. The van der Waals surface area contributed by atoms with Crippen LogP contribution in [0.3, 0.4) is 0 Å². The molecule has 0 atom stereocenters. The molecule has 0 radical (unpaired) electrons. The van der Waals surface area contributed by atoms with Gasteiger partial charge in [-0.25, -0.2) is 0 Å². The summed E-state index contributed by atoms with van der Waals surface area (Å²) in [7, 11) is 0. The monoisotopic (exact) mass is 434 g/mol. The maximum atomic E-state index is 8.26. The van der Waals surface area contributed by atoms with E-state index in [1.807, 2.05) is 24.3 Å². The normalized spacial score (nSPS) is 11.9. The van der Waals surface area contributed by atoms with Crippen molar-refractivity contribution in [2.24, 2.45) is 0 Å². The van der Waals surface area contributed by atoms with E-state index in [4.69, 9.17) is 10.8 Å². The molecule has 6 nitrogen and oxygen atoms in total. The van der Waals surface area contributed by atoms with E-state index in [1.165, 1.54) is 0 Å². The summed E-state index contributed by atoms with van der Waals surface area (Å²) in [6.07, 6.45) is 0. The van der Waals surface area contributed by atoms with Gasteiger partial charge in [-0.2, -0.15) is 0 Å². The number of nitrogens with one attached hydrogen (secondary N) is 2. The van der Waals surface area contributed by atoms with Crippen molar-refractivity contribution in [1.82, 2.24) is 18.3 Å². The second-order valence-corrected chi connectivity index (χ2v) is 9.48. The average molecular weight is 435 g/mol. The summed E-state index contributed by atoms with van der Waals surface area (Å²) in [5, 5.41) is 16.5. The molecular weight excluding hydrogens is 396 g/mol. The lowest BCUT2D eigenvalue weighted by atomic mass is 10.3. The van der Waals surface area contributed by atoms with E-state index in [0.717, 1.165) is 22.1 Å². The fourth-order valence-electron chi connectivity index (χ4n) is 4.52. The molecule has 6 heteroatoms. The zero-order valence-corrected chi connectivity index (χ0v) is 20.7. The lowest BCUT2D eigenvalue weighted by molar-refractivity contribution is 0.513. The second kappa shape index (κ2) is 9.23. The Morgan fingerprint density at radius 2 is 0.625 bits per heavy atom. The van der Waals surface area contributed by atoms with Gasteiger partial charge in [0.2, 0.25) is 11.2 Å². The molecule has 0 spiro atoms. The SMILES string of the molecule is CC(C)n1c(=N)n(C(C)C)c2ccccc21.CC(C)n1c(=N)n(C(C)C)c2ccccc21. The van der Waals surface area contributed by atoms with Crippen LogP contribution >= 0.6 is 0 Å². The van der Waals surface area contributed by atoms with Gasteiger partial charge in [-0.05, 0) is 79.7 Å². The first kappa shape index (κ1) is 23.6. The molecule has 0 saturated heterocycles. The molecule has 4 rings (SSSR count). The number of hydrogen-bond donors (Lipinski definition) is 2. The van der Waals surface area contributed by atoms with Crippen LogP contribution in [-0.4, -0.2) is 18.3 Å². The minimum atomic E-state index is 0.317. The fraction of sp³-hybridized carbons (Fsp3) is 0.462. The standard InChI is InChI=1S/2C13H19N3/c2*1-9(2)15-11-7-5-6-8-12(11)16(10(3)4)13(15)14/h2*5-10,14H,1-4H3. The number of rotatable bonds is 4. The van der Waals surface area contributed by atoms with E-state index in [1.54, 1.807) is 0 Å². The Hall–Kier alpha value is -3.02. The third-order valence-electron chi connectivity index (χ3n) is 5.78. The summed E-state index contributed by atoms with van der Waals surface area (Å²) in [6.45, 7) is 17.0. The Labute approximate surface area is 190 Å². The first-order chi connectivity index (χ1) is 15.1. The molecule has 0 bridgehead atoms. The number of nitrogens with zero attached hydrogens (tertiary/aromatic N) is 4. The zero-order valence-electron chi connectivity index (χ0n) is 20.7. The van der Waals surface area contributed by atoms with Gasteiger partial charge in [-0.15, -0.1) is 0 Å². The summed E-state index contributed by atoms with van der Waals surface area (Å²) in [4.78, 5) is 0. The van der Waals surface area contributed by atoms with Crippen LogP contribution in [0.15, 0.2) is 48.5 Å². The zero-order chi connectivity index (χ0) is 23.7. The third kappa shape index (κ3) is 4.06. The first-order valence-corrected chi connectivity index (χ1v) is 11.6. The van der Waals surface area contributed by atoms with Gasteiger partial charge in [0.05, 0.1) is 22.1 Å². The summed E-state index contributed by atoms with van der Waals surface area (Å²) in [6, 6.07) is 17.8. The van der Waals surface area contributed by atoms with Gasteiger partial charge in [0.15, 0.2) is 0 Å². The van der Waals surface area contributed by atoms with Gasteiger partial charge in [0, 0.05) is 24.2 Å². The smallest absolute Gasteiger partial charge is 0.203 e. The van der Waals surface area contributed by atoms with Gasteiger partial charge < -0.3 is 18.3 Å². The maximum Gasteiger partial charge on any atom is 0.203 e. The molecule has 0 amide bonds. The molecule has 0 aliphatic rings. The summed E-state index contributed by atoms with van der Waals surface area (Å²) in [5.74, 6) is 0. The lowest BCUT2D eigenvalue weighted by Gasteiger charge is -2.09. The quantitative estimate of drug-likeness (QED) is 0.386. The highest BCUT2D eigenvalue weighted by Gasteiger charge is 2.15. The predicted octanol–water partition coefficient (Wildman–Crippen LogP) is 6.17. The Balaban J connectivity index is 0.000000181. The molecule has 2 N–H and O–H groups in total. The first-order valence-electron chi connectivity index (χ1n) is 11.6. The Morgan fingerprint density at radius 3 is 0.781 bits per heavy atom. The summed E-state index contributed by atoms with van der Waals surface area (Å²) >= 11 is 0. The summed E-state index contributed by atoms with van der Waals surface area (Å²) < 4.78 is 8.31. The minimum absolute atomic E-state index is 0.317. The van der Waals surface area contributed by atoms with Gasteiger partial charge in [0.1, 0.15) is 0 Å². The largest absolute Gasteiger partial charge is 0.308 e. The topological polar surface area (TPSA) is 67.4 Å². The van der Waals surface area contributed by atoms with Crippen LogP contribution in [-0.2, 0) is 0 Å². The predicted molar refractivity (Wildman–Crippen MR) is 133 cm³/mol. The van der Waals surface area contributed by atoms with Crippen molar-refractivity contribution in [1.29, 1.82) is 10.8 Å². The molecular formula is C26H38N6. The Morgan fingerprint density at radius 1 is 0.438 bits per heavy atom. The van der Waals surface area contributed by atoms with Crippen LogP contribution in [0.1, 0.15) is 79.6 Å². The van der Waals surface area contributed by atoms with Crippen molar-refractivity contribution in [3.8, 4) is 0 Å². The number of benzene rings is 2. The van der Waals surface area contributed by atoms with Crippen molar-refractivity contribution in [2.75, 3.05) is 0 Å². The van der Waals surface area contributed by atoms with Gasteiger partial charge in [0.25, 0.3) is 0 Å². The van der Waals surface area contributed by atoms with Crippen LogP contribution < -0.4 is 11.2 Å². The molecule has 172 valence electrons. The van der Waals surface area contributed by atoms with E-state index >= 15 is 0 Å². The van der Waals surface area contributed by atoms with Crippen LogP contribution in [0.5, 0.6) is 0 Å². The highest BCUT2D eigenvalue weighted by Crippen LogP contribution is 2.20. The molecule has 0 aliphatic carbocycles. The average Bonchev–Trinajstić information content (AvgIpc) is 3.18. The van der Waals surface area contributed by atoms with Crippen LogP contribution in [0.25, 0.3) is 22.1 Å². The molecule has 0 fully saturated rings. The molecule has 0 unspecified atom stereocenters. The van der Waals surface area contributed by atoms with E-state index in [9.17, 15) is 0 Å². The van der Waals surface area contributed by atoms with Crippen molar-refractivity contribution in [3.63, 3.8) is 0 Å². The second-order valence-electron chi connectivity index (χ2n) is 9.48. The van der Waals surface area contributed by atoms with Gasteiger partial charge >= 0.3 is 0 Å². The molecule has 2 heterocycles. The molecule has 4 aromatic rings. The van der Waals surface area contributed by atoms with E-state index in [0.29, 0.717) is 35.4 Å². The summed E-state index contributed by atoms with van der Waals surface area (Å²) in [5.41, 5.74) is 5.78. The van der Waals surface area contributed by atoms with Gasteiger partial charge in [-0.1, -0.05) is 24.3 Å². The maximum absolute atomic E-state index is 8.26. The molecule has 2 aromatic carbocycles. The highest BCUT2D eigenvalue weighted by molar-refractivity contribution is 5.76. The molecule has 2 aromatic heterocycles. The van der Waals surface area contributed by atoms with Gasteiger partial charge in [-0.3, -0.25) is 10.8 Å². The van der Waals surface area contributed by atoms with E-state index in [-0.39, 0.29) is 0 Å². The number of para-hydroxylation sites is 4. The number of imidazole rings is 2. The third-order valence-corrected chi connectivity index (χ3v) is 5.78. The lowest BCUT2D eigenvalue weighted by Crippen LogP contribution is -2.26. The van der Waals surface area contributed by atoms with Crippen LogP contribution in [0, 0.1) is 10.8 Å². The van der Waals surface area contributed by atoms with Crippen molar-refractivity contribution in [2.45, 2.75) is 79.6 Å². The number of fused-ring (bicyclic) bond motifs is 2. The van der Waals surface area contributed by atoms with Crippen molar-refractivity contribution >= 4 is 22.1 Å². The van der Waals surface area contributed by atoms with E-state index < -0.39 is 0 Å². The Kier molecular flexibility index (Phi) is 6.82. The van der Waals surface area contributed by atoms with Crippen molar-refractivity contribution < 1.29 is 0 Å². The number of hydrogen-bond acceptors (Lipinski definition) is 2. The van der Waals surface area contributed by atoms with Crippen LogP contribution in [0.2, 0.25) is 0 Å². The molecule has 0 aliphatic heterocycles. The number of aromatic nitrogens is 4. The molecule has 0 saturated carbocycles. The van der Waals surface area contributed by atoms with E-state index in [2.05, 4.69) is 97.9 Å². The molecule has 32 heavy (non-hydrogen) atoms.